The third kappa shape index (κ3) is 2.92. The van der Waals surface area contributed by atoms with Crippen LogP contribution < -0.4 is 0 Å². The van der Waals surface area contributed by atoms with Crippen molar-refractivity contribution in [2.45, 2.75) is 40.2 Å². The van der Waals surface area contributed by atoms with E-state index < -0.39 is 0 Å². The van der Waals surface area contributed by atoms with E-state index in [1.807, 2.05) is 35.9 Å². The molecule has 0 radical (unpaired) electrons. The maximum atomic E-state index is 12.3. The molecule has 19 heavy (non-hydrogen) atoms. The summed E-state index contributed by atoms with van der Waals surface area (Å²) in [6.07, 6.45) is 1.80. The summed E-state index contributed by atoms with van der Waals surface area (Å²) < 4.78 is 1.84. The minimum atomic E-state index is 0.124. The molecule has 0 unspecified atom stereocenters. The first-order chi connectivity index (χ1) is 9.15. The van der Waals surface area contributed by atoms with Crippen molar-refractivity contribution >= 4 is 5.78 Å². The maximum absolute atomic E-state index is 12.3. The third-order valence-corrected chi connectivity index (χ3v) is 3.38. The molecule has 2 aromatic rings. The Balaban J connectivity index is 2.24. The monoisotopic (exact) mass is 256 g/mol. The molecular formula is C16H20N2O. The lowest BCUT2D eigenvalue weighted by Crippen LogP contribution is -2.15. The van der Waals surface area contributed by atoms with Crippen molar-refractivity contribution in [2.24, 2.45) is 0 Å². The van der Waals surface area contributed by atoms with Crippen LogP contribution in [-0.2, 0) is 19.4 Å². The minimum Gasteiger partial charge on any atom is -0.292 e. The van der Waals surface area contributed by atoms with Crippen LogP contribution in [0.25, 0.3) is 0 Å². The Hall–Kier alpha value is -1.90. The van der Waals surface area contributed by atoms with Gasteiger partial charge in [0.15, 0.2) is 5.78 Å². The Labute approximate surface area is 114 Å². The summed E-state index contributed by atoms with van der Waals surface area (Å²) in [5, 5.41) is 4.49. The average molecular weight is 256 g/mol. The van der Waals surface area contributed by atoms with Crippen molar-refractivity contribution in [1.82, 2.24) is 9.78 Å². The van der Waals surface area contributed by atoms with Gasteiger partial charge in [-0.25, -0.2) is 0 Å². The van der Waals surface area contributed by atoms with Crippen LogP contribution in [0.5, 0.6) is 0 Å². The average Bonchev–Trinajstić information content (AvgIpc) is 2.81. The van der Waals surface area contributed by atoms with Gasteiger partial charge in [-0.3, -0.25) is 9.48 Å². The molecule has 0 atom stereocenters. The van der Waals surface area contributed by atoms with Gasteiger partial charge in [-0.15, -0.1) is 0 Å². The van der Waals surface area contributed by atoms with Crippen molar-refractivity contribution < 1.29 is 4.79 Å². The van der Waals surface area contributed by atoms with Crippen LogP contribution >= 0.6 is 0 Å². The van der Waals surface area contributed by atoms with E-state index in [4.69, 9.17) is 0 Å². The molecule has 100 valence electrons. The first-order valence-corrected chi connectivity index (χ1v) is 6.80. The molecule has 0 saturated heterocycles. The number of aryl methyl sites for hydroxylation is 3. The standard InChI is InChI=1S/C16H20N2O/c1-4-13-10-14(5-2)18(17-13)11-16(19)15-9-7-6-8-12(15)3/h6-10H,4-5,11H2,1-3H3. The van der Waals surface area contributed by atoms with Crippen LogP contribution in [0.4, 0.5) is 0 Å². The zero-order valence-corrected chi connectivity index (χ0v) is 11.8. The van der Waals surface area contributed by atoms with E-state index in [2.05, 4.69) is 25.0 Å². The second-order valence-electron chi connectivity index (χ2n) is 4.73. The summed E-state index contributed by atoms with van der Waals surface area (Å²) >= 11 is 0. The Bertz CT molecular complexity index is 584. The van der Waals surface area contributed by atoms with Crippen LogP contribution in [0.1, 0.15) is 41.2 Å². The van der Waals surface area contributed by atoms with Crippen LogP contribution in [0.2, 0.25) is 0 Å². The van der Waals surface area contributed by atoms with Crippen molar-refractivity contribution in [3.05, 3.63) is 52.8 Å². The topological polar surface area (TPSA) is 34.9 Å². The van der Waals surface area contributed by atoms with Gasteiger partial charge in [0, 0.05) is 11.3 Å². The summed E-state index contributed by atoms with van der Waals surface area (Å²) in [7, 11) is 0. The number of rotatable bonds is 5. The van der Waals surface area contributed by atoms with Crippen molar-refractivity contribution in [2.75, 3.05) is 0 Å². The van der Waals surface area contributed by atoms with E-state index in [1.165, 1.54) is 0 Å². The van der Waals surface area contributed by atoms with Crippen LogP contribution in [0.15, 0.2) is 30.3 Å². The number of aromatic nitrogens is 2. The van der Waals surface area contributed by atoms with Crippen molar-refractivity contribution in [3.63, 3.8) is 0 Å². The molecule has 3 heteroatoms. The molecule has 0 spiro atoms. The Kier molecular flexibility index (Phi) is 4.15. The van der Waals surface area contributed by atoms with Crippen LogP contribution in [0.3, 0.4) is 0 Å². The number of hydrogen-bond donors (Lipinski definition) is 0. The maximum Gasteiger partial charge on any atom is 0.184 e. The summed E-state index contributed by atoms with van der Waals surface area (Å²) in [6, 6.07) is 9.79. The van der Waals surface area contributed by atoms with Crippen LogP contribution in [-0.4, -0.2) is 15.6 Å². The number of carbonyl (C=O) groups excluding carboxylic acids is 1. The smallest absolute Gasteiger partial charge is 0.184 e. The first-order valence-electron chi connectivity index (χ1n) is 6.80. The Morgan fingerprint density at radius 2 is 1.95 bits per heavy atom. The highest BCUT2D eigenvalue weighted by Crippen LogP contribution is 2.11. The number of benzene rings is 1. The van der Waals surface area contributed by atoms with Gasteiger partial charge in [0.25, 0.3) is 0 Å². The SMILES string of the molecule is CCc1cc(CC)n(CC(=O)c2ccccc2C)n1. The second-order valence-corrected chi connectivity index (χ2v) is 4.73. The van der Waals surface area contributed by atoms with E-state index in [9.17, 15) is 4.79 Å². The lowest BCUT2D eigenvalue weighted by molar-refractivity contribution is 0.0966. The highest BCUT2D eigenvalue weighted by atomic mass is 16.1. The predicted molar refractivity (Wildman–Crippen MR) is 76.5 cm³/mol. The molecule has 0 aliphatic rings. The Morgan fingerprint density at radius 3 is 2.58 bits per heavy atom. The molecule has 0 saturated carbocycles. The molecule has 1 heterocycles. The molecule has 2 rings (SSSR count). The number of carbonyl (C=O) groups is 1. The van der Waals surface area contributed by atoms with Gasteiger partial charge in [-0.2, -0.15) is 5.10 Å². The number of Topliss-reactive ketones (excluding diaryl/α,β-unsaturated/α-hetero) is 1. The summed E-state index contributed by atoms with van der Waals surface area (Å²) in [4.78, 5) is 12.3. The van der Waals surface area contributed by atoms with E-state index in [0.29, 0.717) is 6.54 Å². The van der Waals surface area contributed by atoms with E-state index in [1.54, 1.807) is 0 Å². The predicted octanol–water partition coefficient (Wildman–Crippen LogP) is 3.20. The highest BCUT2D eigenvalue weighted by Gasteiger charge is 2.12. The molecule has 1 aromatic heterocycles. The van der Waals surface area contributed by atoms with Gasteiger partial charge in [-0.1, -0.05) is 38.1 Å². The first kappa shape index (κ1) is 13.5. The molecule has 3 nitrogen and oxygen atoms in total. The third-order valence-electron chi connectivity index (χ3n) is 3.38. The van der Waals surface area contributed by atoms with Gasteiger partial charge in [0.05, 0.1) is 5.69 Å². The number of hydrogen-bond acceptors (Lipinski definition) is 2. The summed E-state index contributed by atoms with van der Waals surface area (Å²) in [5.41, 5.74) is 3.99. The molecule has 0 aliphatic carbocycles. The molecule has 0 fully saturated rings. The fourth-order valence-electron chi connectivity index (χ4n) is 2.22. The van der Waals surface area contributed by atoms with Gasteiger partial charge in [0.2, 0.25) is 0 Å². The van der Waals surface area contributed by atoms with E-state index in [-0.39, 0.29) is 5.78 Å². The second kappa shape index (κ2) is 5.83. The minimum absolute atomic E-state index is 0.124. The molecule has 0 aliphatic heterocycles. The lowest BCUT2D eigenvalue weighted by atomic mass is 10.1. The van der Waals surface area contributed by atoms with Gasteiger partial charge < -0.3 is 0 Å². The van der Waals surface area contributed by atoms with Crippen molar-refractivity contribution in [1.29, 1.82) is 0 Å². The summed E-state index contributed by atoms with van der Waals surface area (Å²) in [5.74, 6) is 0.124. The molecule has 0 bridgehead atoms. The number of nitrogens with zero attached hydrogens (tertiary/aromatic N) is 2. The van der Waals surface area contributed by atoms with Gasteiger partial charge >= 0.3 is 0 Å². The molecular weight excluding hydrogens is 236 g/mol. The van der Waals surface area contributed by atoms with Gasteiger partial charge in [-0.05, 0) is 31.4 Å². The fraction of sp³-hybridized carbons (Fsp3) is 0.375. The molecule has 0 amide bonds. The van der Waals surface area contributed by atoms with Crippen molar-refractivity contribution in [3.8, 4) is 0 Å². The lowest BCUT2D eigenvalue weighted by Gasteiger charge is -2.07. The van der Waals surface area contributed by atoms with Gasteiger partial charge in [0.1, 0.15) is 6.54 Å². The number of ketones is 1. The zero-order chi connectivity index (χ0) is 13.8. The Morgan fingerprint density at radius 1 is 1.21 bits per heavy atom. The van der Waals surface area contributed by atoms with E-state index in [0.717, 1.165) is 35.4 Å². The molecule has 0 N–H and O–H groups in total. The highest BCUT2D eigenvalue weighted by molar-refractivity contribution is 5.97. The summed E-state index contributed by atoms with van der Waals surface area (Å²) in [6.45, 7) is 6.46. The van der Waals surface area contributed by atoms with Crippen LogP contribution in [0, 0.1) is 6.92 Å². The fourth-order valence-corrected chi connectivity index (χ4v) is 2.22. The molecule has 1 aromatic carbocycles. The largest absolute Gasteiger partial charge is 0.292 e. The zero-order valence-electron chi connectivity index (χ0n) is 11.8. The van der Waals surface area contributed by atoms with E-state index >= 15 is 0 Å². The normalized spacial score (nSPS) is 10.7. The quantitative estimate of drug-likeness (QED) is 0.770.